The van der Waals surface area contributed by atoms with Gasteiger partial charge in [-0.1, -0.05) is 35.9 Å². The molecule has 5 atom stereocenters. The van der Waals surface area contributed by atoms with Gasteiger partial charge >= 0.3 is 0 Å². The Morgan fingerprint density at radius 1 is 1.37 bits per heavy atom. The Labute approximate surface area is 222 Å². The van der Waals surface area contributed by atoms with Crippen LogP contribution in [0.4, 0.5) is 5.69 Å². The number of piperidine rings is 1. The van der Waals surface area contributed by atoms with Gasteiger partial charge in [-0.15, -0.1) is 6.58 Å². The van der Waals surface area contributed by atoms with Gasteiger partial charge in [-0.25, -0.2) is 0 Å². The molecule has 0 radical (unpaired) electrons. The molecule has 2 heterocycles. The molecule has 4 aliphatic rings. The van der Waals surface area contributed by atoms with Gasteiger partial charge in [0.1, 0.15) is 6.10 Å². The van der Waals surface area contributed by atoms with Crippen molar-refractivity contribution in [3.8, 4) is 11.5 Å². The highest BCUT2D eigenvalue weighted by atomic mass is 16.6. The molecule has 0 aromatic heterocycles. The second-order valence-electron chi connectivity index (χ2n) is 11.2. The first-order chi connectivity index (χ1) is 18.3. The molecule has 1 amide bonds. The molecule has 1 spiro atoms. The molecule has 1 saturated carbocycles. The Morgan fingerprint density at radius 3 is 2.92 bits per heavy atom. The summed E-state index contributed by atoms with van der Waals surface area (Å²) in [6.07, 6.45) is 7.90. The van der Waals surface area contributed by atoms with Crippen molar-refractivity contribution >= 4 is 17.7 Å². The van der Waals surface area contributed by atoms with Crippen LogP contribution in [-0.4, -0.2) is 64.1 Å². The molecule has 2 aliphatic heterocycles. The lowest BCUT2D eigenvalue weighted by molar-refractivity contribution is -0.385. The monoisotopic (exact) mass is 515 g/mol. The molecule has 8 nitrogen and oxygen atoms in total. The van der Waals surface area contributed by atoms with Crippen LogP contribution in [0, 0.1) is 23.0 Å². The summed E-state index contributed by atoms with van der Waals surface area (Å²) in [4.78, 5) is 29.2. The standard InChI is InChI=1S/C30H33N3O5/c1-4-13-32-14-12-30-21-9-10-22(31(3)26(35)11-8-19-7-5-6-18(2)15-19)29(30)38-28-25(34)17-23(33(36)37)20(27(28)30)16-24(21)32/h4-8,11,15,17,21-22,24,29,34H,1,9-10,12-14,16H2,2-3H3/t21-,22-,24+,29-,30-/m0/s1. The fraction of sp³-hybridized carbons (Fsp3) is 0.433. The third kappa shape index (κ3) is 3.50. The summed E-state index contributed by atoms with van der Waals surface area (Å²) in [7, 11) is 1.81. The first kappa shape index (κ1) is 24.7. The summed E-state index contributed by atoms with van der Waals surface area (Å²) in [5.74, 6) is 0.299. The number of phenols is 1. The van der Waals surface area contributed by atoms with Crippen LogP contribution in [0.15, 0.2) is 49.1 Å². The Balaban J connectivity index is 1.40. The van der Waals surface area contributed by atoms with Crippen molar-refractivity contribution in [1.82, 2.24) is 9.80 Å². The van der Waals surface area contributed by atoms with Crippen LogP contribution in [0.5, 0.6) is 11.5 Å². The number of carbonyl (C=O) groups excluding carboxylic acids is 1. The molecule has 1 N–H and O–H groups in total. The third-order valence-corrected chi connectivity index (χ3v) is 9.37. The van der Waals surface area contributed by atoms with Crippen LogP contribution in [0.2, 0.25) is 0 Å². The number of hydrogen-bond acceptors (Lipinski definition) is 6. The summed E-state index contributed by atoms with van der Waals surface area (Å²) in [5, 5.41) is 23.0. The van der Waals surface area contributed by atoms with E-state index in [0.717, 1.165) is 49.0 Å². The first-order valence-corrected chi connectivity index (χ1v) is 13.3. The van der Waals surface area contributed by atoms with E-state index in [0.29, 0.717) is 17.7 Å². The molecule has 38 heavy (non-hydrogen) atoms. The van der Waals surface area contributed by atoms with Crippen LogP contribution in [0.3, 0.4) is 0 Å². The Morgan fingerprint density at radius 2 is 2.18 bits per heavy atom. The molecule has 1 saturated heterocycles. The molecule has 2 fully saturated rings. The zero-order valence-electron chi connectivity index (χ0n) is 21.8. The van der Waals surface area contributed by atoms with E-state index in [1.165, 1.54) is 6.07 Å². The lowest BCUT2D eigenvalue weighted by Crippen LogP contribution is -2.68. The minimum absolute atomic E-state index is 0.0404. The summed E-state index contributed by atoms with van der Waals surface area (Å²) < 4.78 is 6.57. The summed E-state index contributed by atoms with van der Waals surface area (Å²) >= 11 is 0. The van der Waals surface area contributed by atoms with E-state index in [1.54, 1.807) is 11.0 Å². The van der Waals surface area contributed by atoms with E-state index in [4.69, 9.17) is 4.74 Å². The number of likely N-dealkylation sites (tertiary alicyclic amines) is 1. The van der Waals surface area contributed by atoms with E-state index in [9.17, 15) is 20.0 Å². The van der Waals surface area contributed by atoms with Crippen LogP contribution in [0.1, 0.15) is 41.5 Å². The largest absolute Gasteiger partial charge is 0.504 e. The molecular weight excluding hydrogens is 482 g/mol. The van der Waals surface area contributed by atoms with Gasteiger partial charge in [-0.05, 0) is 56.7 Å². The molecule has 2 aliphatic carbocycles. The highest BCUT2D eigenvalue weighted by Gasteiger charge is 2.67. The number of carbonyl (C=O) groups is 1. The first-order valence-electron chi connectivity index (χ1n) is 13.3. The lowest BCUT2D eigenvalue weighted by atomic mass is 9.50. The zero-order chi connectivity index (χ0) is 26.8. The number of likely N-dealkylation sites (N-methyl/N-ethyl adjacent to an activating group) is 1. The van der Waals surface area contributed by atoms with E-state index in [2.05, 4.69) is 11.5 Å². The van der Waals surface area contributed by atoms with Gasteiger partial charge in [0.15, 0.2) is 11.5 Å². The number of amides is 1. The van der Waals surface area contributed by atoms with Crippen LogP contribution >= 0.6 is 0 Å². The molecule has 2 aromatic carbocycles. The number of nitro benzene ring substituents is 1. The minimum atomic E-state index is -0.480. The molecule has 198 valence electrons. The molecule has 8 heteroatoms. The predicted molar refractivity (Wildman–Crippen MR) is 144 cm³/mol. The normalized spacial score (nSPS) is 29.0. The molecule has 2 bridgehead atoms. The number of aromatic hydroxyl groups is 1. The van der Waals surface area contributed by atoms with Crippen molar-refractivity contribution in [1.29, 1.82) is 0 Å². The van der Waals surface area contributed by atoms with Gasteiger partial charge in [0.25, 0.3) is 5.69 Å². The quantitative estimate of drug-likeness (QED) is 0.266. The van der Waals surface area contributed by atoms with E-state index >= 15 is 0 Å². The maximum absolute atomic E-state index is 13.4. The maximum atomic E-state index is 13.4. The highest BCUT2D eigenvalue weighted by Crippen LogP contribution is 2.65. The smallest absolute Gasteiger partial charge is 0.276 e. The lowest BCUT2D eigenvalue weighted by Gasteiger charge is -2.60. The van der Waals surface area contributed by atoms with Gasteiger partial charge in [0.05, 0.1) is 17.0 Å². The average molecular weight is 516 g/mol. The van der Waals surface area contributed by atoms with Crippen molar-refractivity contribution in [3.63, 3.8) is 0 Å². The van der Waals surface area contributed by atoms with Gasteiger partial charge in [-0.2, -0.15) is 0 Å². The molecule has 0 unspecified atom stereocenters. The zero-order valence-corrected chi connectivity index (χ0v) is 21.8. The van der Waals surface area contributed by atoms with Gasteiger partial charge in [0.2, 0.25) is 5.91 Å². The topological polar surface area (TPSA) is 96.2 Å². The van der Waals surface area contributed by atoms with Gasteiger partial charge in [-0.3, -0.25) is 19.8 Å². The van der Waals surface area contributed by atoms with Gasteiger partial charge in [0, 0.05) is 42.3 Å². The van der Waals surface area contributed by atoms with Crippen molar-refractivity contribution < 1.29 is 19.6 Å². The fourth-order valence-electron chi connectivity index (χ4n) is 7.84. The summed E-state index contributed by atoms with van der Waals surface area (Å²) in [6, 6.07) is 9.13. The predicted octanol–water partition coefficient (Wildman–Crippen LogP) is 4.37. The molecule has 6 rings (SSSR count). The van der Waals surface area contributed by atoms with Crippen molar-refractivity contribution in [2.75, 3.05) is 20.1 Å². The highest BCUT2D eigenvalue weighted by molar-refractivity contribution is 5.92. The second kappa shape index (κ2) is 8.98. The van der Waals surface area contributed by atoms with Crippen LogP contribution in [0.25, 0.3) is 6.08 Å². The van der Waals surface area contributed by atoms with E-state index in [1.807, 2.05) is 50.4 Å². The second-order valence-corrected chi connectivity index (χ2v) is 11.2. The Kier molecular flexibility index (Phi) is 5.83. The van der Waals surface area contributed by atoms with Crippen molar-refractivity contribution in [2.24, 2.45) is 5.92 Å². The van der Waals surface area contributed by atoms with Crippen LogP contribution in [-0.2, 0) is 16.6 Å². The van der Waals surface area contributed by atoms with E-state index < -0.39 is 5.41 Å². The Hall–Kier alpha value is -3.65. The summed E-state index contributed by atoms with van der Waals surface area (Å²) in [5.41, 5.74) is 3.06. The number of ether oxygens (including phenoxy) is 1. The summed E-state index contributed by atoms with van der Waals surface area (Å²) in [6.45, 7) is 7.49. The molecule has 2 aromatic rings. The fourth-order valence-corrected chi connectivity index (χ4v) is 7.84. The van der Waals surface area contributed by atoms with Gasteiger partial charge < -0.3 is 14.7 Å². The number of benzene rings is 2. The molecular formula is C30H33N3O5. The average Bonchev–Trinajstić information content (AvgIpc) is 3.24. The number of rotatable bonds is 6. The number of phenolic OH excluding ortho intramolecular Hbond substituents is 1. The minimum Gasteiger partial charge on any atom is -0.504 e. The van der Waals surface area contributed by atoms with E-state index in [-0.39, 0.29) is 46.4 Å². The number of nitro groups is 1. The van der Waals surface area contributed by atoms with Crippen molar-refractivity contribution in [2.45, 2.75) is 56.2 Å². The van der Waals surface area contributed by atoms with Crippen LogP contribution < -0.4 is 4.74 Å². The van der Waals surface area contributed by atoms with Crippen molar-refractivity contribution in [3.05, 3.63) is 81.4 Å². The SMILES string of the molecule is C=CCN1CC[C@]23c4c5c([N+](=O)[O-])cc(O)c4O[C@H]2[C@@H](N(C)C(=O)C=Cc2cccc(C)c2)CC[C@H]3[C@H]1C5. The maximum Gasteiger partial charge on any atom is 0.276 e. The number of hydrogen-bond donors (Lipinski definition) is 1. The number of nitrogens with zero attached hydrogens (tertiary/aromatic N) is 3. The number of aryl methyl sites for hydroxylation is 1. The Bertz CT molecular complexity index is 1370. The third-order valence-electron chi connectivity index (χ3n) is 9.37.